The van der Waals surface area contributed by atoms with Gasteiger partial charge in [0.05, 0.1) is 0 Å². The van der Waals surface area contributed by atoms with Crippen molar-refractivity contribution >= 4 is 11.3 Å². The van der Waals surface area contributed by atoms with Crippen LogP contribution in [0.1, 0.15) is 49.4 Å². The molecular formula is C14H25N3S. The molecule has 0 saturated carbocycles. The van der Waals surface area contributed by atoms with Crippen molar-refractivity contribution in [2.75, 3.05) is 13.1 Å². The highest BCUT2D eigenvalue weighted by atomic mass is 32.1. The first-order valence-electron chi connectivity index (χ1n) is 7.17. The van der Waals surface area contributed by atoms with E-state index >= 15 is 0 Å². The fourth-order valence-corrected chi connectivity index (χ4v) is 3.63. The molecule has 0 bridgehead atoms. The molecule has 0 amide bonds. The fraction of sp³-hybridized carbons (Fsp3) is 0.786. The summed E-state index contributed by atoms with van der Waals surface area (Å²) in [5.41, 5.74) is 0.347. The second kappa shape index (κ2) is 6.64. The Morgan fingerprint density at radius 1 is 1.50 bits per heavy atom. The van der Waals surface area contributed by atoms with E-state index in [0.717, 1.165) is 19.5 Å². The number of thiazole rings is 1. The van der Waals surface area contributed by atoms with E-state index in [4.69, 9.17) is 0 Å². The number of nitrogens with zero attached hydrogens (tertiary/aromatic N) is 1. The summed E-state index contributed by atoms with van der Waals surface area (Å²) in [6.45, 7) is 7.62. The molecule has 1 fully saturated rings. The predicted octanol–water partition coefficient (Wildman–Crippen LogP) is 2.72. The van der Waals surface area contributed by atoms with Gasteiger partial charge in [0.1, 0.15) is 5.01 Å². The Morgan fingerprint density at radius 2 is 2.39 bits per heavy atom. The van der Waals surface area contributed by atoms with Gasteiger partial charge >= 0.3 is 0 Å². The van der Waals surface area contributed by atoms with E-state index in [1.54, 1.807) is 0 Å². The van der Waals surface area contributed by atoms with Crippen LogP contribution in [0.3, 0.4) is 0 Å². The Bertz CT molecular complexity index is 356. The number of rotatable bonds is 7. The number of aromatic nitrogens is 1. The van der Waals surface area contributed by atoms with Crippen molar-refractivity contribution in [2.45, 2.75) is 58.0 Å². The van der Waals surface area contributed by atoms with Gasteiger partial charge in [-0.25, -0.2) is 4.98 Å². The van der Waals surface area contributed by atoms with Gasteiger partial charge in [-0.2, -0.15) is 0 Å². The van der Waals surface area contributed by atoms with E-state index < -0.39 is 0 Å². The number of hydrogen-bond acceptors (Lipinski definition) is 4. The van der Waals surface area contributed by atoms with E-state index in [-0.39, 0.29) is 0 Å². The molecule has 0 aromatic carbocycles. The van der Waals surface area contributed by atoms with Crippen LogP contribution in [-0.2, 0) is 13.0 Å². The van der Waals surface area contributed by atoms with Crippen molar-refractivity contribution in [2.24, 2.45) is 0 Å². The lowest BCUT2D eigenvalue weighted by Gasteiger charge is -2.29. The van der Waals surface area contributed by atoms with Gasteiger partial charge < -0.3 is 10.6 Å². The second-order valence-corrected chi connectivity index (χ2v) is 6.44. The van der Waals surface area contributed by atoms with Crippen LogP contribution in [0, 0.1) is 0 Å². The molecule has 0 radical (unpaired) electrons. The third-order valence-corrected chi connectivity index (χ3v) is 4.89. The summed E-state index contributed by atoms with van der Waals surface area (Å²) in [5.74, 6) is 0. The van der Waals surface area contributed by atoms with Crippen molar-refractivity contribution in [1.82, 2.24) is 15.6 Å². The molecular weight excluding hydrogens is 242 g/mol. The number of aryl methyl sites for hydroxylation is 1. The standard InChI is InChI=1S/C14H25N3S/c1-3-6-14(7-5-8-17-14)11-15-10-13-16-9-12(4-2)18-13/h9,15,17H,3-8,10-11H2,1-2H3. The predicted molar refractivity (Wildman–Crippen MR) is 78.1 cm³/mol. The van der Waals surface area contributed by atoms with Gasteiger partial charge in [-0.15, -0.1) is 11.3 Å². The lowest BCUT2D eigenvalue weighted by Crippen LogP contribution is -2.48. The normalized spacial score (nSPS) is 23.7. The first-order valence-corrected chi connectivity index (χ1v) is 7.99. The van der Waals surface area contributed by atoms with E-state index in [1.807, 2.05) is 17.5 Å². The molecule has 3 nitrogen and oxygen atoms in total. The number of hydrogen-bond donors (Lipinski definition) is 2. The third-order valence-electron chi connectivity index (χ3n) is 3.75. The highest BCUT2D eigenvalue weighted by Gasteiger charge is 2.31. The zero-order valence-electron chi connectivity index (χ0n) is 11.6. The minimum absolute atomic E-state index is 0.347. The van der Waals surface area contributed by atoms with Crippen molar-refractivity contribution in [3.63, 3.8) is 0 Å². The summed E-state index contributed by atoms with van der Waals surface area (Å²) >= 11 is 1.83. The topological polar surface area (TPSA) is 37.0 Å². The highest BCUT2D eigenvalue weighted by Crippen LogP contribution is 2.24. The van der Waals surface area contributed by atoms with Crippen LogP contribution in [0.2, 0.25) is 0 Å². The van der Waals surface area contributed by atoms with Gasteiger partial charge in [-0.3, -0.25) is 0 Å². The average molecular weight is 267 g/mol. The molecule has 2 N–H and O–H groups in total. The van der Waals surface area contributed by atoms with Crippen LogP contribution in [0.4, 0.5) is 0 Å². The summed E-state index contributed by atoms with van der Waals surface area (Å²) in [5, 5.41) is 8.51. The third kappa shape index (κ3) is 3.53. The molecule has 2 heterocycles. The van der Waals surface area contributed by atoms with Crippen molar-refractivity contribution in [3.8, 4) is 0 Å². The van der Waals surface area contributed by atoms with Crippen LogP contribution < -0.4 is 10.6 Å². The van der Waals surface area contributed by atoms with Gasteiger partial charge in [0.2, 0.25) is 0 Å². The van der Waals surface area contributed by atoms with Crippen LogP contribution in [0.15, 0.2) is 6.20 Å². The van der Waals surface area contributed by atoms with Crippen molar-refractivity contribution in [3.05, 3.63) is 16.1 Å². The molecule has 1 atom stereocenters. The van der Waals surface area contributed by atoms with E-state index in [0.29, 0.717) is 5.54 Å². The average Bonchev–Trinajstić information content (AvgIpc) is 2.99. The van der Waals surface area contributed by atoms with E-state index in [1.165, 1.54) is 42.1 Å². The lowest BCUT2D eigenvalue weighted by molar-refractivity contribution is 0.324. The molecule has 4 heteroatoms. The Labute approximate surface area is 114 Å². The van der Waals surface area contributed by atoms with Crippen molar-refractivity contribution < 1.29 is 0 Å². The summed E-state index contributed by atoms with van der Waals surface area (Å²) in [7, 11) is 0. The molecule has 0 aliphatic carbocycles. The second-order valence-electron chi connectivity index (χ2n) is 5.24. The van der Waals surface area contributed by atoms with E-state index in [2.05, 4.69) is 29.5 Å². The molecule has 2 rings (SSSR count). The molecule has 1 aromatic rings. The monoisotopic (exact) mass is 267 g/mol. The van der Waals surface area contributed by atoms with Crippen molar-refractivity contribution in [1.29, 1.82) is 0 Å². The van der Waals surface area contributed by atoms with Crippen LogP contribution in [0.25, 0.3) is 0 Å². The minimum Gasteiger partial charge on any atom is -0.310 e. The first-order chi connectivity index (χ1) is 8.78. The first kappa shape index (κ1) is 14.0. The highest BCUT2D eigenvalue weighted by molar-refractivity contribution is 7.11. The summed E-state index contributed by atoms with van der Waals surface area (Å²) in [6.07, 6.45) is 8.27. The lowest BCUT2D eigenvalue weighted by atomic mass is 9.92. The maximum absolute atomic E-state index is 4.46. The van der Waals surface area contributed by atoms with Gasteiger partial charge in [-0.1, -0.05) is 20.3 Å². The molecule has 1 saturated heterocycles. The van der Waals surface area contributed by atoms with Crippen LogP contribution in [-0.4, -0.2) is 23.6 Å². The molecule has 1 unspecified atom stereocenters. The zero-order chi connectivity index (χ0) is 12.8. The SMILES string of the molecule is CCCC1(CNCc2ncc(CC)s2)CCCN1. The van der Waals surface area contributed by atoms with Gasteiger partial charge in [0, 0.05) is 29.7 Å². The Hall–Kier alpha value is -0.450. The Kier molecular flexibility index (Phi) is 5.15. The van der Waals surface area contributed by atoms with Crippen LogP contribution >= 0.6 is 11.3 Å². The van der Waals surface area contributed by atoms with Gasteiger partial charge in [0.15, 0.2) is 0 Å². The minimum atomic E-state index is 0.347. The molecule has 1 aliphatic heterocycles. The summed E-state index contributed by atoms with van der Waals surface area (Å²) in [6, 6.07) is 0. The molecule has 1 aromatic heterocycles. The molecule has 0 spiro atoms. The van der Waals surface area contributed by atoms with Gasteiger partial charge in [-0.05, 0) is 32.2 Å². The number of nitrogens with one attached hydrogen (secondary N) is 2. The Morgan fingerprint density at radius 3 is 3.00 bits per heavy atom. The fourth-order valence-electron chi connectivity index (χ4n) is 2.80. The molecule has 1 aliphatic rings. The largest absolute Gasteiger partial charge is 0.310 e. The van der Waals surface area contributed by atoms with Crippen LogP contribution in [0.5, 0.6) is 0 Å². The zero-order valence-corrected chi connectivity index (χ0v) is 12.4. The quantitative estimate of drug-likeness (QED) is 0.797. The summed E-state index contributed by atoms with van der Waals surface area (Å²) in [4.78, 5) is 5.84. The Balaban J connectivity index is 1.79. The maximum atomic E-state index is 4.46. The van der Waals surface area contributed by atoms with Gasteiger partial charge in [0.25, 0.3) is 0 Å². The molecule has 102 valence electrons. The van der Waals surface area contributed by atoms with E-state index in [9.17, 15) is 0 Å². The summed E-state index contributed by atoms with van der Waals surface area (Å²) < 4.78 is 0. The maximum Gasteiger partial charge on any atom is 0.107 e. The smallest absolute Gasteiger partial charge is 0.107 e. The molecule has 18 heavy (non-hydrogen) atoms.